The Hall–Kier alpha value is -1.06. The van der Waals surface area contributed by atoms with Gasteiger partial charge >= 0.3 is 0 Å². The first kappa shape index (κ1) is 12.0. The second-order valence-electron chi connectivity index (χ2n) is 5.42. The van der Waals surface area contributed by atoms with Crippen LogP contribution in [0.1, 0.15) is 24.8 Å². The number of hydrogen-bond donors (Lipinski definition) is 1. The van der Waals surface area contributed by atoms with Crippen LogP contribution in [0, 0.1) is 0 Å². The fourth-order valence-corrected chi connectivity index (χ4v) is 3.04. The molecule has 3 rings (SSSR count). The van der Waals surface area contributed by atoms with Crippen molar-refractivity contribution in [1.29, 1.82) is 0 Å². The minimum absolute atomic E-state index is 0.635. The highest BCUT2D eigenvalue weighted by Gasteiger charge is 2.26. The molecular formula is C15H22N2O. The van der Waals surface area contributed by atoms with E-state index < -0.39 is 0 Å². The average Bonchev–Trinajstić information content (AvgIpc) is 2.42. The van der Waals surface area contributed by atoms with Crippen LogP contribution < -0.4 is 10.1 Å². The Morgan fingerprint density at radius 2 is 2.28 bits per heavy atom. The first-order valence-electron chi connectivity index (χ1n) is 7.01. The van der Waals surface area contributed by atoms with Gasteiger partial charge in [-0.1, -0.05) is 18.2 Å². The van der Waals surface area contributed by atoms with Crippen molar-refractivity contribution < 1.29 is 4.74 Å². The lowest BCUT2D eigenvalue weighted by Crippen LogP contribution is -2.51. The van der Waals surface area contributed by atoms with E-state index in [1.54, 1.807) is 0 Å². The molecule has 0 aliphatic carbocycles. The van der Waals surface area contributed by atoms with Crippen molar-refractivity contribution in [3.8, 4) is 5.75 Å². The molecule has 2 heterocycles. The summed E-state index contributed by atoms with van der Waals surface area (Å²) < 4.78 is 5.74. The molecule has 98 valence electrons. The molecule has 1 aromatic rings. The zero-order valence-electron chi connectivity index (χ0n) is 11.1. The number of para-hydroxylation sites is 1. The van der Waals surface area contributed by atoms with E-state index in [1.165, 1.54) is 18.7 Å². The summed E-state index contributed by atoms with van der Waals surface area (Å²) >= 11 is 0. The number of benzene rings is 1. The molecule has 1 saturated heterocycles. The summed E-state index contributed by atoms with van der Waals surface area (Å²) in [5.74, 6) is 1.73. The van der Waals surface area contributed by atoms with Crippen molar-refractivity contribution >= 4 is 0 Å². The Balaban J connectivity index is 1.73. The number of nitrogens with zero attached hydrogens (tertiary/aromatic N) is 1. The van der Waals surface area contributed by atoms with Crippen LogP contribution in [0.25, 0.3) is 0 Å². The molecule has 0 radical (unpaired) electrons. The summed E-state index contributed by atoms with van der Waals surface area (Å²) in [6, 6.07) is 9.17. The Morgan fingerprint density at radius 3 is 3.17 bits per heavy atom. The highest BCUT2D eigenvalue weighted by atomic mass is 16.5. The first-order valence-corrected chi connectivity index (χ1v) is 7.01. The topological polar surface area (TPSA) is 24.5 Å². The van der Waals surface area contributed by atoms with Crippen LogP contribution in [0.15, 0.2) is 24.3 Å². The predicted molar refractivity (Wildman–Crippen MR) is 73.2 cm³/mol. The van der Waals surface area contributed by atoms with Crippen LogP contribution in [0.4, 0.5) is 0 Å². The third-order valence-corrected chi connectivity index (χ3v) is 4.18. The number of piperazine rings is 1. The summed E-state index contributed by atoms with van der Waals surface area (Å²) in [6.45, 7) is 7.75. The van der Waals surface area contributed by atoms with Gasteiger partial charge in [0.1, 0.15) is 5.75 Å². The summed E-state index contributed by atoms with van der Waals surface area (Å²) in [4.78, 5) is 2.61. The van der Waals surface area contributed by atoms with E-state index in [1.807, 2.05) is 0 Å². The molecular weight excluding hydrogens is 224 g/mol. The summed E-state index contributed by atoms with van der Waals surface area (Å²) in [5, 5.41) is 3.45. The largest absolute Gasteiger partial charge is 0.493 e. The Bertz CT molecular complexity index is 407. The second-order valence-corrected chi connectivity index (χ2v) is 5.42. The van der Waals surface area contributed by atoms with Crippen molar-refractivity contribution in [2.75, 3.05) is 32.8 Å². The van der Waals surface area contributed by atoms with Gasteiger partial charge in [0.25, 0.3) is 0 Å². The summed E-state index contributed by atoms with van der Waals surface area (Å²) in [6.07, 6.45) is 1.15. The molecule has 3 heteroatoms. The van der Waals surface area contributed by atoms with E-state index in [-0.39, 0.29) is 0 Å². The van der Waals surface area contributed by atoms with Gasteiger partial charge in [-0.25, -0.2) is 0 Å². The second kappa shape index (κ2) is 5.29. The molecule has 1 fully saturated rings. The molecule has 0 amide bonds. The van der Waals surface area contributed by atoms with Gasteiger partial charge in [-0.05, 0) is 25.0 Å². The Kier molecular flexibility index (Phi) is 3.52. The first-order chi connectivity index (χ1) is 8.84. The van der Waals surface area contributed by atoms with Crippen LogP contribution in [0.2, 0.25) is 0 Å². The zero-order chi connectivity index (χ0) is 12.4. The van der Waals surface area contributed by atoms with Crippen molar-refractivity contribution in [2.45, 2.75) is 25.3 Å². The summed E-state index contributed by atoms with van der Waals surface area (Å²) in [7, 11) is 0. The number of ether oxygens (including phenoxy) is 1. The minimum Gasteiger partial charge on any atom is -0.493 e. The van der Waals surface area contributed by atoms with Gasteiger partial charge in [0.15, 0.2) is 0 Å². The van der Waals surface area contributed by atoms with Gasteiger partial charge in [0.2, 0.25) is 0 Å². The minimum atomic E-state index is 0.635. The molecule has 1 aromatic carbocycles. The molecule has 18 heavy (non-hydrogen) atoms. The molecule has 0 spiro atoms. The maximum Gasteiger partial charge on any atom is 0.122 e. The lowest BCUT2D eigenvalue weighted by atomic mass is 9.92. The lowest BCUT2D eigenvalue weighted by molar-refractivity contribution is 0.148. The van der Waals surface area contributed by atoms with E-state index >= 15 is 0 Å². The van der Waals surface area contributed by atoms with E-state index in [9.17, 15) is 0 Å². The van der Waals surface area contributed by atoms with Crippen LogP contribution >= 0.6 is 0 Å². The molecule has 0 aromatic heterocycles. The molecule has 2 aliphatic rings. The highest BCUT2D eigenvalue weighted by molar-refractivity contribution is 5.37. The van der Waals surface area contributed by atoms with Crippen molar-refractivity contribution in [3.63, 3.8) is 0 Å². The molecule has 2 aliphatic heterocycles. The highest BCUT2D eigenvalue weighted by Crippen LogP contribution is 2.34. The van der Waals surface area contributed by atoms with E-state index in [0.717, 1.165) is 31.9 Å². The van der Waals surface area contributed by atoms with E-state index in [2.05, 4.69) is 41.4 Å². The third kappa shape index (κ3) is 2.38. The SMILES string of the molecule is C[C@@H]1CNCCN1CC1CCOc2ccccc21. The maximum atomic E-state index is 5.74. The normalized spacial score (nSPS) is 28.5. The van der Waals surface area contributed by atoms with Crippen molar-refractivity contribution in [3.05, 3.63) is 29.8 Å². The van der Waals surface area contributed by atoms with Crippen molar-refractivity contribution in [1.82, 2.24) is 10.2 Å². The van der Waals surface area contributed by atoms with Gasteiger partial charge in [-0.15, -0.1) is 0 Å². The smallest absolute Gasteiger partial charge is 0.122 e. The van der Waals surface area contributed by atoms with Crippen LogP contribution in [-0.2, 0) is 0 Å². The predicted octanol–water partition coefficient (Wildman–Crippen LogP) is 1.85. The van der Waals surface area contributed by atoms with Crippen LogP contribution in [-0.4, -0.2) is 43.7 Å². The van der Waals surface area contributed by atoms with Gasteiger partial charge in [0, 0.05) is 38.1 Å². The third-order valence-electron chi connectivity index (χ3n) is 4.18. The molecule has 1 unspecified atom stereocenters. The maximum absolute atomic E-state index is 5.74. The van der Waals surface area contributed by atoms with Gasteiger partial charge in [-0.2, -0.15) is 0 Å². The summed E-state index contributed by atoms with van der Waals surface area (Å²) in [5.41, 5.74) is 1.40. The zero-order valence-corrected chi connectivity index (χ0v) is 11.1. The molecule has 0 saturated carbocycles. The number of fused-ring (bicyclic) bond motifs is 1. The number of nitrogens with one attached hydrogen (secondary N) is 1. The molecule has 1 N–H and O–H groups in total. The Morgan fingerprint density at radius 1 is 1.39 bits per heavy atom. The van der Waals surface area contributed by atoms with Crippen LogP contribution in [0.3, 0.4) is 0 Å². The van der Waals surface area contributed by atoms with Gasteiger partial charge in [0.05, 0.1) is 6.61 Å². The average molecular weight is 246 g/mol. The van der Waals surface area contributed by atoms with Crippen LogP contribution in [0.5, 0.6) is 5.75 Å². The monoisotopic (exact) mass is 246 g/mol. The molecule has 2 atom stereocenters. The number of rotatable bonds is 2. The van der Waals surface area contributed by atoms with Gasteiger partial charge < -0.3 is 10.1 Å². The van der Waals surface area contributed by atoms with E-state index in [0.29, 0.717) is 12.0 Å². The standard InChI is InChI=1S/C15H22N2O/c1-12-10-16-7-8-17(12)11-13-6-9-18-15-5-3-2-4-14(13)15/h2-5,12-13,16H,6-11H2,1H3/t12-,13?/m1/s1. The fraction of sp³-hybridized carbons (Fsp3) is 0.600. The fourth-order valence-electron chi connectivity index (χ4n) is 3.04. The molecule has 3 nitrogen and oxygen atoms in total. The van der Waals surface area contributed by atoms with E-state index in [4.69, 9.17) is 4.74 Å². The van der Waals surface area contributed by atoms with Gasteiger partial charge in [-0.3, -0.25) is 4.90 Å². The molecule has 0 bridgehead atoms. The quantitative estimate of drug-likeness (QED) is 0.862. The Labute approximate surface area is 109 Å². The lowest BCUT2D eigenvalue weighted by Gasteiger charge is -2.37. The van der Waals surface area contributed by atoms with Crippen molar-refractivity contribution in [2.24, 2.45) is 0 Å². The number of hydrogen-bond acceptors (Lipinski definition) is 3.